The highest BCUT2D eigenvalue weighted by Crippen LogP contribution is 2.39. The molecule has 0 aliphatic carbocycles. The number of benzene rings is 1. The molecule has 0 saturated heterocycles. The minimum Gasteiger partial charge on any atom is -0.330 e. The van der Waals surface area contributed by atoms with Gasteiger partial charge in [-0.2, -0.15) is 13.2 Å². The van der Waals surface area contributed by atoms with Crippen LogP contribution in [0.3, 0.4) is 0 Å². The molecule has 2 aromatic rings. The van der Waals surface area contributed by atoms with E-state index in [1.807, 2.05) is 0 Å². The third-order valence-corrected chi connectivity index (χ3v) is 3.91. The highest BCUT2D eigenvalue weighted by Gasteiger charge is 2.34. The van der Waals surface area contributed by atoms with Crippen molar-refractivity contribution in [3.63, 3.8) is 0 Å². The van der Waals surface area contributed by atoms with Crippen molar-refractivity contribution in [2.75, 3.05) is 6.54 Å². The Hall–Kier alpha value is -1.47. The molecule has 1 aromatic carbocycles. The lowest BCUT2D eigenvalue weighted by molar-refractivity contribution is -0.139. The molecule has 0 aliphatic rings. The predicted molar refractivity (Wildman–Crippen MR) is 71.5 cm³/mol. The molecule has 108 valence electrons. The predicted octanol–water partition coefficient (Wildman–Crippen LogP) is 3.09. The van der Waals surface area contributed by atoms with Gasteiger partial charge in [-0.25, -0.2) is 4.98 Å². The molecule has 0 bridgehead atoms. The summed E-state index contributed by atoms with van der Waals surface area (Å²) < 4.78 is 41.1. The van der Waals surface area contributed by atoms with Crippen LogP contribution in [0, 0.1) is 0 Å². The van der Waals surface area contributed by atoms with Crippen molar-refractivity contribution in [1.29, 1.82) is 0 Å². The summed E-state index contributed by atoms with van der Waals surface area (Å²) in [4.78, 5) is 4.18. The molecule has 1 aromatic heterocycles. The van der Waals surface area contributed by atoms with Crippen molar-refractivity contribution in [3.8, 4) is 0 Å². The van der Waals surface area contributed by atoms with Crippen LogP contribution < -0.4 is 5.73 Å². The van der Waals surface area contributed by atoms with Crippen LogP contribution in [-0.2, 0) is 19.6 Å². The fourth-order valence-electron chi connectivity index (χ4n) is 1.76. The maximum absolute atomic E-state index is 13.1. The van der Waals surface area contributed by atoms with Gasteiger partial charge >= 0.3 is 6.18 Å². The summed E-state index contributed by atoms with van der Waals surface area (Å²) in [7, 11) is 1.74. The number of aryl methyl sites for hydroxylation is 1. The van der Waals surface area contributed by atoms with E-state index in [4.69, 9.17) is 5.73 Å². The lowest BCUT2D eigenvalue weighted by Crippen LogP contribution is -2.09. The Morgan fingerprint density at radius 3 is 2.65 bits per heavy atom. The fourth-order valence-corrected chi connectivity index (χ4v) is 2.69. The summed E-state index contributed by atoms with van der Waals surface area (Å²) in [6, 6.07) is 4.32. The molecule has 7 heteroatoms. The van der Waals surface area contributed by atoms with Gasteiger partial charge in [0.15, 0.2) is 5.16 Å². The van der Waals surface area contributed by atoms with Gasteiger partial charge in [-0.05, 0) is 30.7 Å². The van der Waals surface area contributed by atoms with Gasteiger partial charge in [-0.1, -0.05) is 17.8 Å². The van der Waals surface area contributed by atoms with Crippen molar-refractivity contribution in [2.24, 2.45) is 12.8 Å². The van der Waals surface area contributed by atoms with Crippen LogP contribution in [0.5, 0.6) is 0 Å². The van der Waals surface area contributed by atoms with Crippen LogP contribution in [0.2, 0.25) is 0 Å². The van der Waals surface area contributed by atoms with Gasteiger partial charge in [0, 0.05) is 24.3 Å². The van der Waals surface area contributed by atoms with E-state index < -0.39 is 11.7 Å². The standard InChI is InChI=1S/C13H14F3N3S/c1-19-7-6-18-12(19)20-11-3-2-9(4-5-17)8-10(11)13(14,15)16/h2-3,6-8H,4-5,17H2,1H3. The second-order valence-electron chi connectivity index (χ2n) is 4.29. The highest BCUT2D eigenvalue weighted by molar-refractivity contribution is 7.99. The number of imidazole rings is 1. The van der Waals surface area contributed by atoms with Crippen molar-refractivity contribution in [2.45, 2.75) is 22.6 Å². The van der Waals surface area contributed by atoms with E-state index >= 15 is 0 Å². The second kappa shape index (κ2) is 5.88. The van der Waals surface area contributed by atoms with E-state index in [1.54, 1.807) is 30.1 Å². The first kappa shape index (κ1) is 14.9. The zero-order valence-corrected chi connectivity index (χ0v) is 11.6. The molecule has 0 saturated carbocycles. The molecule has 0 aliphatic heterocycles. The molecule has 0 unspecified atom stereocenters. The molecular formula is C13H14F3N3S. The van der Waals surface area contributed by atoms with Gasteiger partial charge in [0.05, 0.1) is 5.56 Å². The Bertz CT molecular complexity index is 593. The van der Waals surface area contributed by atoms with Gasteiger partial charge in [-0.3, -0.25) is 0 Å². The van der Waals surface area contributed by atoms with Crippen LogP contribution in [0.1, 0.15) is 11.1 Å². The van der Waals surface area contributed by atoms with Gasteiger partial charge in [0.25, 0.3) is 0 Å². The van der Waals surface area contributed by atoms with E-state index in [9.17, 15) is 13.2 Å². The number of halogens is 3. The third kappa shape index (κ3) is 3.34. The van der Waals surface area contributed by atoms with Crippen LogP contribution >= 0.6 is 11.8 Å². The molecule has 0 atom stereocenters. The topological polar surface area (TPSA) is 43.8 Å². The maximum Gasteiger partial charge on any atom is 0.417 e. The van der Waals surface area contributed by atoms with Gasteiger partial charge in [0.2, 0.25) is 0 Å². The molecule has 0 amide bonds. The number of alkyl halides is 3. The minimum absolute atomic E-state index is 0.146. The smallest absolute Gasteiger partial charge is 0.330 e. The summed E-state index contributed by atoms with van der Waals surface area (Å²) in [6.45, 7) is 0.323. The molecule has 0 fully saturated rings. The first-order chi connectivity index (χ1) is 9.41. The highest BCUT2D eigenvalue weighted by atomic mass is 32.2. The molecule has 0 radical (unpaired) electrons. The third-order valence-electron chi connectivity index (χ3n) is 2.76. The Morgan fingerprint density at radius 1 is 1.35 bits per heavy atom. The Morgan fingerprint density at radius 2 is 2.10 bits per heavy atom. The molecule has 3 nitrogen and oxygen atoms in total. The molecule has 20 heavy (non-hydrogen) atoms. The minimum atomic E-state index is -4.39. The number of hydrogen-bond acceptors (Lipinski definition) is 3. The summed E-state index contributed by atoms with van der Waals surface area (Å²) in [5, 5.41) is 0.516. The normalized spacial score (nSPS) is 11.8. The number of rotatable bonds is 4. The van der Waals surface area contributed by atoms with Crippen LogP contribution in [0.25, 0.3) is 0 Å². The zero-order valence-electron chi connectivity index (χ0n) is 10.8. The molecular weight excluding hydrogens is 287 g/mol. The Labute approximate surface area is 119 Å². The quantitative estimate of drug-likeness (QED) is 0.943. The van der Waals surface area contributed by atoms with Gasteiger partial charge in [0.1, 0.15) is 0 Å². The number of aromatic nitrogens is 2. The van der Waals surface area contributed by atoms with Crippen LogP contribution in [0.15, 0.2) is 40.6 Å². The van der Waals surface area contributed by atoms with E-state index in [0.29, 0.717) is 23.7 Å². The zero-order chi connectivity index (χ0) is 14.8. The summed E-state index contributed by atoms with van der Waals surface area (Å²) in [5.41, 5.74) is 5.33. The Balaban J connectivity index is 2.39. The average molecular weight is 301 g/mol. The summed E-state index contributed by atoms with van der Waals surface area (Å²) in [5.74, 6) is 0. The van der Waals surface area contributed by atoms with Crippen LogP contribution in [-0.4, -0.2) is 16.1 Å². The van der Waals surface area contributed by atoms with Gasteiger partial charge in [-0.15, -0.1) is 0 Å². The SMILES string of the molecule is Cn1ccnc1Sc1ccc(CCN)cc1C(F)(F)F. The van der Waals surface area contributed by atoms with E-state index in [2.05, 4.69) is 4.98 Å². The molecule has 0 spiro atoms. The molecule has 1 heterocycles. The van der Waals surface area contributed by atoms with E-state index in [1.165, 1.54) is 6.07 Å². The second-order valence-corrected chi connectivity index (χ2v) is 5.30. The Kier molecular flexibility index (Phi) is 4.39. The average Bonchev–Trinajstić information content (AvgIpc) is 2.76. The lowest BCUT2D eigenvalue weighted by Gasteiger charge is -2.14. The molecule has 2 N–H and O–H groups in total. The number of hydrogen-bond donors (Lipinski definition) is 1. The largest absolute Gasteiger partial charge is 0.417 e. The first-order valence-electron chi connectivity index (χ1n) is 5.97. The number of nitrogens with two attached hydrogens (primary N) is 1. The monoisotopic (exact) mass is 301 g/mol. The van der Waals surface area contributed by atoms with E-state index in [0.717, 1.165) is 17.8 Å². The maximum atomic E-state index is 13.1. The van der Waals surface area contributed by atoms with Gasteiger partial charge < -0.3 is 10.3 Å². The fraction of sp³-hybridized carbons (Fsp3) is 0.308. The number of nitrogens with zero attached hydrogens (tertiary/aromatic N) is 2. The lowest BCUT2D eigenvalue weighted by atomic mass is 10.1. The van der Waals surface area contributed by atoms with Crippen molar-refractivity contribution in [1.82, 2.24) is 9.55 Å². The van der Waals surface area contributed by atoms with Crippen molar-refractivity contribution >= 4 is 11.8 Å². The van der Waals surface area contributed by atoms with Crippen molar-refractivity contribution in [3.05, 3.63) is 41.7 Å². The summed E-state index contributed by atoms with van der Waals surface area (Å²) in [6.07, 6.45) is -0.717. The van der Waals surface area contributed by atoms with E-state index in [-0.39, 0.29) is 4.90 Å². The van der Waals surface area contributed by atoms with Crippen molar-refractivity contribution < 1.29 is 13.2 Å². The molecule has 2 rings (SSSR count). The summed E-state index contributed by atoms with van der Waals surface area (Å²) >= 11 is 1.00. The first-order valence-corrected chi connectivity index (χ1v) is 6.79. The van der Waals surface area contributed by atoms with Crippen LogP contribution in [0.4, 0.5) is 13.2 Å².